The quantitative estimate of drug-likeness (QED) is 0.290. The number of aliphatic carboxylic acids is 1. The van der Waals surface area contributed by atoms with E-state index in [0.717, 1.165) is 24.8 Å². The fourth-order valence-electron chi connectivity index (χ4n) is 4.14. The average molecular weight is 459 g/mol. The molecule has 1 fully saturated rings. The highest BCUT2D eigenvalue weighted by Crippen LogP contribution is 2.32. The van der Waals surface area contributed by atoms with Crippen molar-refractivity contribution in [2.24, 2.45) is 0 Å². The van der Waals surface area contributed by atoms with Crippen LogP contribution in [0.3, 0.4) is 0 Å². The molecule has 10 heteroatoms. The lowest BCUT2D eigenvalue weighted by Gasteiger charge is -2.29. The van der Waals surface area contributed by atoms with E-state index in [1.54, 1.807) is 25.1 Å². The first-order valence-electron chi connectivity index (χ1n) is 11.3. The van der Waals surface area contributed by atoms with E-state index in [9.17, 15) is 24.0 Å². The first-order valence-corrected chi connectivity index (χ1v) is 11.3. The number of carboxylic acids is 1. The molecule has 1 aromatic carbocycles. The Morgan fingerprint density at radius 1 is 1.18 bits per heavy atom. The predicted molar refractivity (Wildman–Crippen MR) is 119 cm³/mol. The number of nitrogens with one attached hydrogen (secondary N) is 3. The van der Waals surface area contributed by atoms with Crippen LogP contribution in [0.2, 0.25) is 0 Å². The fourth-order valence-corrected chi connectivity index (χ4v) is 4.14. The molecule has 2 aliphatic rings. The number of benzene rings is 1. The third-order valence-electron chi connectivity index (χ3n) is 5.96. The molecule has 2 heterocycles. The van der Waals surface area contributed by atoms with Gasteiger partial charge in [0.1, 0.15) is 12.1 Å². The lowest BCUT2D eigenvalue weighted by molar-refractivity contribution is -0.138. The summed E-state index contributed by atoms with van der Waals surface area (Å²) < 4.78 is 0. The van der Waals surface area contributed by atoms with Crippen molar-refractivity contribution in [3.63, 3.8) is 0 Å². The second kappa shape index (κ2) is 10.9. The summed E-state index contributed by atoms with van der Waals surface area (Å²) in [4.78, 5) is 61.0. The number of amides is 4. The van der Waals surface area contributed by atoms with Crippen molar-refractivity contribution < 1.29 is 29.1 Å². The molecule has 0 radical (unpaired) electrons. The van der Waals surface area contributed by atoms with Gasteiger partial charge in [0, 0.05) is 42.7 Å². The zero-order chi connectivity index (χ0) is 24.0. The Hall–Kier alpha value is -3.43. The highest BCUT2D eigenvalue weighted by Gasteiger charge is 2.40. The summed E-state index contributed by atoms with van der Waals surface area (Å²) in [5.74, 6) is -2.02. The number of carboxylic acid groups (broad SMARTS) is 1. The summed E-state index contributed by atoms with van der Waals surface area (Å²) in [6, 6.07) is 4.00. The Morgan fingerprint density at radius 3 is 2.67 bits per heavy atom. The zero-order valence-electron chi connectivity index (χ0n) is 18.7. The molecule has 0 aliphatic carbocycles. The van der Waals surface area contributed by atoms with Gasteiger partial charge in [-0.3, -0.25) is 29.3 Å². The Kier molecular flexibility index (Phi) is 8.02. The summed E-state index contributed by atoms with van der Waals surface area (Å²) in [5.41, 5.74) is 1.87. The monoisotopic (exact) mass is 458 g/mol. The highest BCUT2D eigenvalue weighted by molar-refractivity contribution is 6.06. The molecule has 3 rings (SSSR count). The third-order valence-corrected chi connectivity index (χ3v) is 5.96. The van der Waals surface area contributed by atoms with Crippen LogP contribution in [0, 0.1) is 0 Å². The minimum atomic E-state index is -0.794. The molecule has 1 aromatic rings. The maximum atomic E-state index is 12.9. The number of carbonyl (C=O) groups is 5. The third kappa shape index (κ3) is 6.09. The van der Waals surface area contributed by atoms with Crippen LogP contribution < -0.4 is 16.0 Å². The van der Waals surface area contributed by atoms with Gasteiger partial charge in [0.05, 0.1) is 0 Å². The number of piperidine rings is 1. The SMILES string of the molecule is CC(Nc1cccc2c1CN(C1CCC(=O)NC1=O)C2=O)C(=O)NCCCCCCC(=O)O. The van der Waals surface area contributed by atoms with E-state index in [4.69, 9.17) is 5.11 Å². The van der Waals surface area contributed by atoms with Gasteiger partial charge in [0.25, 0.3) is 5.91 Å². The molecule has 2 unspecified atom stereocenters. The molecule has 0 spiro atoms. The van der Waals surface area contributed by atoms with Crippen molar-refractivity contribution >= 4 is 35.3 Å². The number of anilines is 1. The normalized spacial score (nSPS) is 18.5. The van der Waals surface area contributed by atoms with Gasteiger partial charge in [-0.1, -0.05) is 18.9 Å². The summed E-state index contributed by atoms with van der Waals surface area (Å²) in [6.07, 6.45) is 3.71. The number of carbonyl (C=O) groups excluding carboxylic acids is 4. The van der Waals surface area contributed by atoms with Gasteiger partial charge in [-0.25, -0.2) is 0 Å². The molecule has 2 atom stereocenters. The smallest absolute Gasteiger partial charge is 0.303 e. The van der Waals surface area contributed by atoms with Gasteiger partial charge in [-0.2, -0.15) is 0 Å². The van der Waals surface area contributed by atoms with Gasteiger partial charge in [0.2, 0.25) is 17.7 Å². The van der Waals surface area contributed by atoms with E-state index < -0.39 is 24.0 Å². The van der Waals surface area contributed by atoms with E-state index in [1.165, 1.54) is 4.90 Å². The largest absolute Gasteiger partial charge is 0.481 e. The Balaban J connectivity index is 1.52. The van der Waals surface area contributed by atoms with Crippen LogP contribution in [0.1, 0.15) is 67.8 Å². The summed E-state index contributed by atoms with van der Waals surface area (Å²) >= 11 is 0. The van der Waals surface area contributed by atoms with Gasteiger partial charge < -0.3 is 20.6 Å². The highest BCUT2D eigenvalue weighted by atomic mass is 16.4. The van der Waals surface area contributed by atoms with Gasteiger partial charge in [-0.15, -0.1) is 0 Å². The lowest BCUT2D eigenvalue weighted by atomic mass is 10.0. The summed E-state index contributed by atoms with van der Waals surface area (Å²) in [7, 11) is 0. The van der Waals surface area contributed by atoms with Crippen molar-refractivity contribution in [3.05, 3.63) is 29.3 Å². The Labute approximate surface area is 192 Å². The van der Waals surface area contributed by atoms with E-state index in [1.807, 2.05) is 0 Å². The molecule has 0 aromatic heterocycles. The van der Waals surface area contributed by atoms with Crippen molar-refractivity contribution in [2.45, 2.75) is 70.5 Å². The Bertz CT molecular complexity index is 947. The van der Waals surface area contributed by atoms with Crippen LogP contribution in [0.25, 0.3) is 0 Å². The molecular formula is C23H30N4O6. The molecule has 1 saturated heterocycles. The molecule has 4 N–H and O–H groups in total. The van der Waals surface area contributed by atoms with E-state index in [-0.39, 0.29) is 37.1 Å². The minimum Gasteiger partial charge on any atom is -0.481 e. The number of nitrogens with zero attached hydrogens (tertiary/aromatic N) is 1. The number of unbranched alkanes of at least 4 members (excludes halogenated alkanes) is 3. The van der Waals surface area contributed by atoms with Gasteiger partial charge in [0.15, 0.2) is 0 Å². The molecule has 0 bridgehead atoms. The minimum absolute atomic E-state index is 0.165. The summed E-state index contributed by atoms with van der Waals surface area (Å²) in [5, 5.41) is 17.0. The number of hydrogen-bond acceptors (Lipinski definition) is 6. The first-order chi connectivity index (χ1) is 15.8. The van der Waals surface area contributed by atoms with Crippen LogP contribution in [-0.2, 0) is 25.7 Å². The molecule has 2 aliphatic heterocycles. The molecule has 178 valence electrons. The standard InChI is InChI=1S/C23H30N4O6/c1-14(21(31)24-12-5-3-2-4-9-20(29)30)25-17-8-6-7-15-16(17)13-27(23(15)33)18-10-11-19(28)26-22(18)32/h6-8,14,18,25H,2-5,9-13H2,1H3,(H,24,31)(H,29,30)(H,26,28,32). The number of rotatable bonds is 11. The number of fused-ring (bicyclic) bond motifs is 1. The second-order valence-electron chi connectivity index (χ2n) is 8.45. The topological polar surface area (TPSA) is 145 Å². The molecule has 4 amide bonds. The maximum absolute atomic E-state index is 12.9. The second-order valence-corrected chi connectivity index (χ2v) is 8.45. The van der Waals surface area contributed by atoms with Gasteiger partial charge in [-0.05, 0) is 38.3 Å². The molecule has 0 saturated carbocycles. The maximum Gasteiger partial charge on any atom is 0.303 e. The van der Waals surface area contributed by atoms with Crippen LogP contribution in [0.4, 0.5) is 5.69 Å². The van der Waals surface area contributed by atoms with E-state index >= 15 is 0 Å². The molecular weight excluding hydrogens is 428 g/mol. The van der Waals surface area contributed by atoms with E-state index in [0.29, 0.717) is 30.6 Å². The van der Waals surface area contributed by atoms with Crippen LogP contribution in [0.15, 0.2) is 18.2 Å². The van der Waals surface area contributed by atoms with Crippen LogP contribution in [-0.4, -0.2) is 58.2 Å². The van der Waals surface area contributed by atoms with Crippen molar-refractivity contribution in [3.8, 4) is 0 Å². The van der Waals surface area contributed by atoms with E-state index in [2.05, 4.69) is 16.0 Å². The molecule has 33 heavy (non-hydrogen) atoms. The first kappa shape index (κ1) is 24.2. The van der Waals surface area contributed by atoms with Crippen LogP contribution >= 0.6 is 0 Å². The Morgan fingerprint density at radius 2 is 1.94 bits per heavy atom. The predicted octanol–water partition coefficient (Wildman–Crippen LogP) is 1.40. The zero-order valence-corrected chi connectivity index (χ0v) is 18.7. The summed E-state index contributed by atoms with van der Waals surface area (Å²) in [6.45, 7) is 2.47. The lowest BCUT2D eigenvalue weighted by Crippen LogP contribution is -2.52. The van der Waals surface area contributed by atoms with Gasteiger partial charge >= 0.3 is 5.97 Å². The van der Waals surface area contributed by atoms with Crippen molar-refractivity contribution in [1.29, 1.82) is 0 Å². The average Bonchev–Trinajstić information content (AvgIpc) is 3.10. The van der Waals surface area contributed by atoms with Crippen molar-refractivity contribution in [1.82, 2.24) is 15.5 Å². The fraction of sp³-hybridized carbons (Fsp3) is 0.522. The van der Waals surface area contributed by atoms with Crippen LogP contribution in [0.5, 0.6) is 0 Å². The number of imide groups is 1. The number of hydrogen-bond donors (Lipinski definition) is 4. The van der Waals surface area contributed by atoms with Crippen molar-refractivity contribution in [2.75, 3.05) is 11.9 Å². The molecule has 10 nitrogen and oxygen atoms in total.